The SMILES string of the molecule is CC(F)(F)CCc1ccc2c(n1)CCN(CCC1CCCCC1)CC2. The van der Waals surface area contributed by atoms with Gasteiger partial charge in [0.25, 0.3) is 0 Å². The molecule has 1 aromatic heterocycles. The Morgan fingerprint density at radius 1 is 1.12 bits per heavy atom. The molecule has 4 heteroatoms. The first-order valence-corrected chi connectivity index (χ1v) is 10.1. The quantitative estimate of drug-likeness (QED) is 0.714. The zero-order valence-corrected chi connectivity index (χ0v) is 15.6. The molecule has 25 heavy (non-hydrogen) atoms. The van der Waals surface area contributed by atoms with Crippen molar-refractivity contribution in [1.29, 1.82) is 0 Å². The normalized spacial score (nSPS) is 20.3. The fourth-order valence-corrected chi connectivity index (χ4v) is 4.23. The molecule has 2 nitrogen and oxygen atoms in total. The van der Waals surface area contributed by atoms with Crippen LogP contribution in [0, 0.1) is 5.92 Å². The van der Waals surface area contributed by atoms with E-state index in [4.69, 9.17) is 4.98 Å². The van der Waals surface area contributed by atoms with E-state index in [1.807, 2.05) is 6.07 Å². The molecule has 3 rings (SSSR count). The molecular weight excluding hydrogens is 318 g/mol. The van der Waals surface area contributed by atoms with Gasteiger partial charge in [-0.2, -0.15) is 0 Å². The monoisotopic (exact) mass is 350 g/mol. The van der Waals surface area contributed by atoms with Gasteiger partial charge in [-0.25, -0.2) is 8.78 Å². The molecule has 0 spiro atoms. The van der Waals surface area contributed by atoms with Crippen molar-refractivity contribution in [3.63, 3.8) is 0 Å². The number of pyridine rings is 1. The summed E-state index contributed by atoms with van der Waals surface area (Å²) < 4.78 is 26.1. The van der Waals surface area contributed by atoms with Crippen molar-refractivity contribution in [2.75, 3.05) is 19.6 Å². The standard InChI is InChI=1S/C21H32F2N2/c1-21(22,23)13-9-19-8-7-18-11-15-25(16-12-20(18)24-19)14-10-17-5-3-2-4-6-17/h7-8,17H,2-6,9-16H2,1H3. The largest absolute Gasteiger partial charge is 0.303 e. The molecule has 1 aliphatic heterocycles. The van der Waals surface area contributed by atoms with Crippen LogP contribution in [0.5, 0.6) is 0 Å². The summed E-state index contributed by atoms with van der Waals surface area (Å²) in [7, 11) is 0. The lowest BCUT2D eigenvalue weighted by Gasteiger charge is -2.26. The molecule has 1 fully saturated rings. The summed E-state index contributed by atoms with van der Waals surface area (Å²) in [5.74, 6) is -1.68. The molecule has 0 amide bonds. The second kappa shape index (κ2) is 8.57. The summed E-state index contributed by atoms with van der Waals surface area (Å²) in [6.45, 7) is 4.35. The minimum Gasteiger partial charge on any atom is -0.303 e. The van der Waals surface area contributed by atoms with Gasteiger partial charge in [0.15, 0.2) is 0 Å². The number of hydrogen-bond acceptors (Lipinski definition) is 2. The van der Waals surface area contributed by atoms with Gasteiger partial charge in [0, 0.05) is 37.3 Å². The molecule has 2 aliphatic rings. The number of halogens is 2. The molecule has 1 saturated carbocycles. The topological polar surface area (TPSA) is 16.1 Å². The summed E-state index contributed by atoms with van der Waals surface area (Å²) >= 11 is 0. The van der Waals surface area contributed by atoms with Gasteiger partial charge in [-0.3, -0.25) is 4.98 Å². The summed E-state index contributed by atoms with van der Waals surface area (Å²) in [5, 5.41) is 0. The predicted molar refractivity (Wildman–Crippen MR) is 98.2 cm³/mol. The van der Waals surface area contributed by atoms with Crippen LogP contribution in [0.3, 0.4) is 0 Å². The van der Waals surface area contributed by atoms with Crippen LogP contribution in [0.1, 0.15) is 68.8 Å². The molecule has 0 N–H and O–H groups in total. The highest BCUT2D eigenvalue weighted by Crippen LogP contribution is 2.27. The van der Waals surface area contributed by atoms with Crippen LogP contribution in [0.2, 0.25) is 0 Å². The zero-order valence-electron chi connectivity index (χ0n) is 15.6. The third kappa shape index (κ3) is 6.02. The summed E-state index contributed by atoms with van der Waals surface area (Å²) in [5.41, 5.74) is 3.26. The van der Waals surface area contributed by atoms with Gasteiger partial charge in [-0.1, -0.05) is 38.2 Å². The molecule has 0 saturated heterocycles. The molecular formula is C21H32F2N2. The van der Waals surface area contributed by atoms with E-state index in [1.54, 1.807) is 0 Å². The highest BCUT2D eigenvalue weighted by molar-refractivity contribution is 5.25. The first-order chi connectivity index (χ1) is 12.0. The Bertz CT molecular complexity index is 547. The molecule has 0 bridgehead atoms. The molecule has 1 aromatic rings. The van der Waals surface area contributed by atoms with Gasteiger partial charge in [0.1, 0.15) is 0 Å². The second-order valence-corrected chi connectivity index (χ2v) is 8.11. The number of nitrogens with zero attached hydrogens (tertiary/aromatic N) is 2. The number of fused-ring (bicyclic) bond motifs is 1. The van der Waals surface area contributed by atoms with Crippen LogP contribution in [0.15, 0.2) is 12.1 Å². The van der Waals surface area contributed by atoms with Crippen LogP contribution < -0.4 is 0 Å². The highest BCUT2D eigenvalue weighted by atomic mass is 19.3. The van der Waals surface area contributed by atoms with E-state index in [2.05, 4.69) is 11.0 Å². The van der Waals surface area contributed by atoms with Crippen molar-refractivity contribution < 1.29 is 8.78 Å². The van der Waals surface area contributed by atoms with Crippen molar-refractivity contribution >= 4 is 0 Å². The predicted octanol–water partition coefficient (Wildman–Crippen LogP) is 5.04. The lowest BCUT2D eigenvalue weighted by molar-refractivity contribution is 0.0130. The molecule has 2 heterocycles. The van der Waals surface area contributed by atoms with Gasteiger partial charge in [-0.05, 0) is 50.3 Å². The maximum Gasteiger partial charge on any atom is 0.245 e. The first-order valence-electron chi connectivity index (χ1n) is 10.1. The maximum absolute atomic E-state index is 13.1. The van der Waals surface area contributed by atoms with Crippen molar-refractivity contribution in [2.45, 2.75) is 77.1 Å². The fourth-order valence-electron chi connectivity index (χ4n) is 4.23. The summed E-state index contributed by atoms with van der Waals surface area (Å²) in [6, 6.07) is 4.07. The molecule has 1 aliphatic carbocycles. The Kier molecular flexibility index (Phi) is 6.43. The maximum atomic E-state index is 13.1. The van der Waals surface area contributed by atoms with Crippen LogP contribution in [-0.2, 0) is 19.3 Å². The average Bonchev–Trinajstić information content (AvgIpc) is 2.80. The lowest BCUT2D eigenvalue weighted by atomic mass is 9.87. The third-order valence-corrected chi connectivity index (χ3v) is 5.89. The minimum atomic E-state index is -2.61. The van der Waals surface area contributed by atoms with Crippen molar-refractivity contribution in [3.05, 3.63) is 29.1 Å². The number of aromatic nitrogens is 1. The van der Waals surface area contributed by atoms with E-state index in [0.717, 1.165) is 50.2 Å². The number of hydrogen-bond donors (Lipinski definition) is 0. The van der Waals surface area contributed by atoms with E-state index in [1.165, 1.54) is 50.6 Å². The Balaban J connectivity index is 1.50. The van der Waals surface area contributed by atoms with Gasteiger partial charge in [0.05, 0.1) is 0 Å². The lowest BCUT2D eigenvalue weighted by Crippen LogP contribution is -2.29. The molecule has 0 unspecified atom stereocenters. The van der Waals surface area contributed by atoms with Crippen molar-refractivity contribution in [2.24, 2.45) is 5.92 Å². The minimum absolute atomic E-state index is 0.119. The number of aryl methyl sites for hydroxylation is 1. The average molecular weight is 350 g/mol. The van der Waals surface area contributed by atoms with E-state index >= 15 is 0 Å². The zero-order chi connectivity index (χ0) is 17.7. The van der Waals surface area contributed by atoms with Crippen LogP contribution in [0.25, 0.3) is 0 Å². The van der Waals surface area contributed by atoms with Gasteiger partial charge in [0.2, 0.25) is 5.92 Å². The van der Waals surface area contributed by atoms with E-state index in [0.29, 0.717) is 6.42 Å². The fraction of sp³-hybridized carbons (Fsp3) is 0.762. The Labute approximate surface area is 151 Å². The van der Waals surface area contributed by atoms with Crippen molar-refractivity contribution in [1.82, 2.24) is 9.88 Å². The second-order valence-electron chi connectivity index (χ2n) is 8.11. The number of alkyl halides is 2. The van der Waals surface area contributed by atoms with Gasteiger partial charge < -0.3 is 4.90 Å². The Hall–Kier alpha value is -1.03. The molecule has 0 radical (unpaired) electrons. The summed E-state index contributed by atoms with van der Waals surface area (Å²) in [4.78, 5) is 7.28. The first kappa shape index (κ1) is 18.8. The molecule has 140 valence electrons. The van der Waals surface area contributed by atoms with Crippen molar-refractivity contribution in [3.8, 4) is 0 Å². The van der Waals surface area contributed by atoms with Crippen LogP contribution in [-0.4, -0.2) is 35.4 Å². The van der Waals surface area contributed by atoms with Crippen LogP contribution in [0.4, 0.5) is 8.78 Å². The third-order valence-electron chi connectivity index (χ3n) is 5.89. The van der Waals surface area contributed by atoms with E-state index in [9.17, 15) is 8.78 Å². The van der Waals surface area contributed by atoms with E-state index in [-0.39, 0.29) is 6.42 Å². The van der Waals surface area contributed by atoms with E-state index < -0.39 is 5.92 Å². The van der Waals surface area contributed by atoms with Gasteiger partial charge in [-0.15, -0.1) is 0 Å². The van der Waals surface area contributed by atoms with Gasteiger partial charge >= 0.3 is 0 Å². The summed E-state index contributed by atoms with van der Waals surface area (Å²) in [6.07, 6.45) is 10.7. The highest BCUT2D eigenvalue weighted by Gasteiger charge is 2.22. The Morgan fingerprint density at radius 2 is 1.88 bits per heavy atom. The number of rotatable bonds is 6. The van der Waals surface area contributed by atoms with Crippen LogP contribution >= 0.6 is 0 Å². The Morgan fingerprint density at radius 3 is 2.64 bits per heavy atom. The molecule has 0 aromatic carbocycles. The smallest absolute Gasteiger partial charge is 0.245 e. The molecule has 0 atom stereocenters.